The first-order chi connectivity index (χ1) is 13.7. The molecule has 0 unspecified atom stereocenters. The molecule has 1 atom stereocenters. The smallest absolute Gasteiger partial charge is 0.236 e. The Hall–Kier alpha value is -2.36. The van der Waals surface area contributed by atoms with E-state index in [2.05, 4.69) is 20.5 Å². The molecule has 3 aromatic rings. The first-order valence-electron chi connectivity index (χ1n) is 8.82. The van der Waals surface area contributed by atoms with Crippen LogP contribution in [0.4, 0.5) is 5.82 Å². The van der Waals surface area contributed by atoms with Gasteiger partial charge in [-0.3, -0.25) is 9.36 Å². The summed E-state index contributed by atoms with van der Waals surface area (Å²) in [5, 5.41) is 12.4. The Bertz CT molecular complexity index is 923. The van der Waals surface area contributed by atoms with Crippen LogP contribution in [0.15, 0.2) is 46.3 Å². The highest BCUT2D eigenvalue weighted by Crippen LogP contribution is 2.27. The molecule has 0 saturated carbocycles. The molecule has 0 aliphatic carbocycles. The average Bonchev–Trinajstić information content (AvgIpc) is 3.44. The van der Waals surface area contributed by atoms with E-state index >= 15 is 0 Å². The summed E-state index contributed by atoms with van der Waals surface area (Å²) in [4.78, 5) is 16.3. The van der Waals surface area contributed by atoms with Gasteiger partial charge in [-0.05, 0) is 37.1 Å². The van der Waals surface area contributed by atoms with Gasteiger partial charge in [-0.15, -0.1) is 10.2 Å². The highest BCUT2D eigenvalue weighted by atomic mass is 35.5. The van der Waals surface area contributed by atoms with Crippen molar-refractivity contribution in [3.63, 3.8) is 0 Å². The van der Waals surface area contributed by atoms with E-state index in [0.29, 0.717) is 34.1 Å². The van der Waals surface area contributed by atoms with Gasteiger partial charge in [0, 0.05) is 12.8 Å². The first kappa shape index (κ1) is 19.0. The van der Waals surface area contributed by atoms with Crippen molar-refractivity contribution in [2.24, 2.45) is 0 Å². The third-order valence-electron chi connectivity index (χ3n) is 4.20. The van der Waals surface area contributed by atoms with E-state index in [9.17, 15) is 4.79 Å². The standard InChI is InChI=1S/C18H18ClN5O3S/c19-12-5-6-15(20-9-12)21-16(25)11-28-18-23-22-17(14-4-2-8-27-14)24(18)10-13-3-1-7-26-13/h2,4-6,8-9,13H,1,3,7,10-11H2,(H,20,21,25)/t13-/m0/s1. The number of hydrogen-bond donors (Lipinski definition) is 1. The minimum absolute atomic E-state index is 0.108. The molecule has 0 bridgehead atoms. The van der Waals surface area contributed by atoms with Crippen LogP contribution in [-0.4, -0.2) is 44.1 Å². The molecule has 0 spiro atoms. The van der Waals surface area contributed by atoms with Crippen molar-refractivity contribution in [1.29, 1.82) is 0 Å². The molecule has 146 valence electrons. The summed E-state index contributed by atoms with van der Waals surface area (Å²) in [6, 6.07) is 6.97. The molecule has 1 saturated heterocycles. The Kier molecular flexibility index (Phi) is 5.94. The number of hydrogen-bond acceptors (Lipinski definition) is 7. The van der Waals surface area contributed by atoms with Crippen LogP contribution in [0.3, 0.4) is 0 Å². The SMILES string of the molecule is O=C(CSc1nnc(-c2ccco2)n1C[C@@H]1CCCO1)Nc1ccc(Cl)cn1. The number of furan rings is 1. The van der Waals surface area contributed by atoms with Crippen LogP contribution >= 0.6 is 23.4 Å². The number of pyridine rings is 1. The number of nitrogens with zero attached hydrogens (tertiary/aromatic N) is 4. The number of carbonyl (C=O) groups is 1. The quantitative estimate of drug-likeness (QED) is 0.585. The van der Waals surface area contributed by atoms with Crippen molar-refractivity contribution in [1.82, 2.24) is 19.7 Å². The Morgan fingerprint density at radius 1 is 1.36 bits per heavy atom. The van der Waals surface area contributed by atoms with Gasteiger partial charge in [0.15, 0.2) is 10.9 Å². The van der Waals surface area contributed by atoms with Crippen LogP contribution in [-0.2, 0) is 16.1 Å². The zero-order chi connectivity index (χ0) is 19.3. The van der Waals surface area contributed by atoms with Gasteiger partial charge in [-0.1, -0.05) is 23.4 Å². The number of nitrogens with one attached hydrogen (secondary N) is 1. The maximum Gasteiger partial charge on any atom is 0.236 e. The van der Waals surface area contributed by atoms with Crippen molar-refractivity contribution < 1.29 is 13.9 Å². The molecule has 1 aliphatic heterocycles. The predicted molar refractivity (Wildman–Crippen MR) is 105 cm³/mol. The predicted octanol–water partition coefficient (Wildman–Crippen LogP) is 3.50. The third-order valence-corrected chi connectivity index (χ3v) is 5.39. The summed E-state index contributed by atoms with van der Waals surface area (Å²) < 4.78 is 13.2. The van der Waals surface area contributed by atoms with Gasteiger partial charge < -0.3 is 14.5 Å². The second-order valence-electron chi connectivity index (χ2n) is 6.23. The normalized spacial score (nSPS) is 16.4. The summed E-state index contributed by atoms with van der Waals surface area (Å²) >= 11 is 7.11. The monoisotopic (exact) mass is 419 g/mol. The highest BCUT2D eigenvalue weighted by molar-refractivity contribution is 7.99. The topological polar surface area (TPSA) is 95.1 Å². The number of halogens is 1. The largest absolute Gasteiger partial charge is 0.461 e. The van der Waals surface area contributed by atoms with Crippen LogP contribution < -0.4 is 5.32 Å². The number of aromatic nitrogens is 4. The molecule has 0 aromatic carbocycles. The fourth-order valence-corrected chi connectivity index (χ4v) is 3.76. The Morgan fingerprint density at radius 3 is 3.00 bits per heavy atom. The van der Waals surface area contributed by atoms with Crippen LogP contribution in [0.2, 0.25) is 5.02 Å². The lowest BCUT2D eigenvalue weighted by Gasteiger charge is -2.13. The van der Waals surface area contributed by atoms with E-state index in [1.165, 1.54) is 18.0 Å². The van der Waals surface area contributed by atoms with E-state index < -0.39 is 0 Å². The van der Waals surface area contributed by atoms with E-state index in [1.807, 2.05) is 10.6 Å². The molecule has 1 fully saturated rings. The summed E-state index contributed by atoms with van der Waals surface area (Å²) in [6.07, 6.45) is 5.22. The van der Waals surface area contributed by atoms with Gasteiger partial charge in [0.25, 0.3) is 0 Å². The minimum Gasteiger partial charge on any atom is -0.461 e. The van der Waals surface area contributed by atoms with E-state index in [4.69, 9.17) is 20.8 Å². The number of rotatable bonds is 7. The summed E-state index contributed by atoms with van der Waals surface area (Å²) in [7, 11) is 0. The minimum atomic E-state index is -0.189. The molecular weight excluding hydrogens is 402 g/mol. The Morgan fingerprint density at radius 2 is 2.29 bits per heavy atom. The number of carbonyl (C=O) groups excluding carboxylic acids is 1. The van der Waals surface area contributed by atoms with Crippen molar-refractivity contribution in [3.8, 4) is 11.6 Å². The fourth-order valence-electron chi connectivity index (χ4n) is 2.90. The molecule has 1 aliphatic rings. The van der Waals surface area contributed by atoms with Crippen molar-refractivity contribution in [2.45, 2.75) is 30.6 Å². The number of anilines is 1. The van der Waals surface area contributed by atoms with Gasteiger partial charge in [-0.25, -0.2) is 4.98 Å². The molecule has 28 heavy (non-hydrogen) atoms. The van der Waals surface area contributed by atoms with E-state index in [-0.39, 0.29) is 17.8 Å². The number of thioether (sulfide) groups is 1. The van der Waals surface area contributed by atoms with E-state index in [1.54, 1.807) is 24.5 Å². The Labute approximate surface area is 170 Å². The molecule has 8 nitrogen and oxygen atoms in total. The van der Waals surface area contributed by atoms with E-state index in [0.717, 1.165) is 19.4 Å². The zero-order valence-electron chi connectivity index (χ0n) is 14.9. The van der Waals surface area contributed by atoms with Gasteiger partial charge in [-0.2, -0.15) is 0 Å². The maximum absolute atomic E-state index is 12.3. The van der Waals surface area contributed by atoms with Gasteiger partial charge >= 0.3 is 0 Å². The molecule has 0 radical (unpaired) electrons. The van der Waals surface area contributed by atoms with Crippen LogP contribution in [0.5, 0.6) is 0 Å². The lowest BCUT2D eigenvalue weighted by Crippen LogP contribution is -2.18. The second-order valence-corrected chi connectivity index (χ2v) is 7.61. The maximum atomic E-state index is 12.3. The summed E-state index contributed by atoms with van der Waals surface area (Å²) in [5.74, 6) is 1.69. The third kappa shape index (κ3) is 4.54. The van der Waals surface area contributed by atoms with Crippen molar-refractivity contribution in [3.05, 3.63) is 41.7 Å². The fraction of sp³-hybridized carbons (Fsp3) is 0.333. The molecule has 3 aromatic heterocycles. The van der Waals surface area contributed by atoms with Gasteiger partial charge in [0.2, 0.25) is 11.7 Å². The first-order valence-corrected chi connectivity index (χ1v) is 10.2. The average molecular weight is 420 g/mol. The molecular formula is C18H18ClN5O3S. The number of amides is 1. The second kappa shape index (κ2) is 8.76. The van der Waals surface area contributed by atoms with Crippen molar-refractivity contribution >= 4 is 35.1 Å². The Balaban J connectivity index is 1.45. The lowest BCUT2D eigenvalue weighted by molar-refractivity contribution is -0.113. The molecule has 1 N–H and O–H groups in total. The van der Waals surface area contributed by atoms with Gasteiger partial charge in [0.05, 0.1) is 29.7 Å². The van der Waals surface area contributed by atoms with Crippen LogP contribution in [0, 0.1) is 0 Å². The van der Waals surface area contributed by atoms with Crippen molar-refractivity contribution in [2.75, 3.05) is 17.7 Å². The van der Waals surface area contributed by atoms with Crippen LogP contribution in [0.25, 0.3) is 11.6 Å². The lowest BCUT2D eigenvalue weighted by atomic mass is 10.2. The summed E-state index contributed by atoms with van der Waals surface area (Å²) in [5.41, 5.74) is 0. The number of ether oxygens (including phenoxy) is 1. The van der Waals surface area contributed by atoms with Crippen LogP contribution in [0.1, 0.15) is 12.8 Å². The highest BCUT2D eigenvalue weighted by Gasteiger charge is 2.23. The summed E-state index contributed by atoms with van der Waals surface area (Å²) in [6.45, 7) is 1.38. The molecule has 4 rings (SSSR count). The van der Waals surface area contributed by atoms with Gasteiger partial charge in [0.1, 0.15) is 5.82 Å². The molecule has 4 heterocycles. The molecule has 10 heteroatoms. The molecule has 1 amide bonds. The zero-order valence-corrected chi connectivity index (χ0v) is 16.4.